The SMILES string of the molecule is COc1ccc(NC(=O)N2CCN(C(=O)C3CCCO3)CC2)c(C)n1. The molecule has 1 aromatic rings. The molecule has 1 N–H and O–H groups in total. The van der Waals surface area contributed by atoms with Gasteiger partial charge in [-0.3, -0.25) is 4.79 Å². The number of pyridine rings is 1. The lowest BCUT2D eigenvalue weighted by atomic mass is 10.2. The van der Waals surface area contributed by atoms with Crippen LogP contribution < -0.4 is 10.1 Å². The molecule has 2 saturated heterocycles. The summed E-state index contributed by atoms with van der Waals surface area (Å²) in [5.41, 5.74) is 1.35. The lowest BCUT2D eigenvalue weighted by Crippen LogP contribution is -2.53. The number of ether oxygens (including phenoxy) is 2. The Kier molecular flexibility index (Phi) is 5.37. The molecule has 1 unspecified atom stereocenters. The van der Waals surface area contributed by atoms with E-state index in [4.69, 9.17) is 9.47 Å². The number of hydrogen-bond donors (Lipinski definition) is 1. The summed E-state index contributed by atoms with van der Waals surface area (Å²) in [6.07, 6.45) is 1.44. The molecule has 8 heteroatoms. The highest BCUT2D eigenvalue weighted by atomic mass is 16.5. The van der Waals surface area contributed by atoms with Crippen molar-refractivity contribution in [1.82, 2.24) is 14.8 Å². The van der Waals surface area contributed by atoms with E-state index < -0.39 is 0 Å². The lowest BCUT2D eigenvalue weighted by Gasteiger charge is -2.35. The molecule has 0 spiro atoms. The molecule has 2 fully saturated rings. The van der Waals surface area contributed by atoms with E-state index >= 15 is 0 Å². The van der Waals surface area contributed by atoms with Crippen LogP contribution >= 0.6 is 0 Å². The molecule has 25 heavy (non-hydrogen) atoms. The van der Waals surface area contributed by atoms with Crippen LogP contribution in [-0.2, 0) is 9.53 Å². The Labute approximate surface area is 147 Å². The smallest absolute Gasteiger partial charge is 0.322 e. The van der Waals surface area contributed by atoms with E-state index in [9.17, 15) is 9.59 Å². The molecule has 1 aromatic heterocycles. The van der Waals surface area contributed by atoms with E-state index in [1.165, 1.54) is 0 Å². The number of urea groups is 1. The molecular formula is C17H24N4O4. The van der Waals surface area contributed by atoms with Crippen molar-refractivity contribution in [1.29, 1.82) is 0 Å². The number of aromatic nitrogens is 1. The summed E-state index contributed by atoms with van der Waals surface area (Å²) in [5.74, 6) is 0.560. The summed E-state index contributed by atoms with van der Waals surface area (Å²) in [6.45, 7) is 4.56. The fourth-order valence-electron chi connectivity index (χ4n) is 3.08. The minimum absolute atomic E-state index is 0.0488. The van der Waals surface area contributed by atoms with Gasteiger partial charge in [-0.1, -0.05) is 0 Å². The van der Waals surface area contributed by atoms with Crippen LogP contribution in [-0.4, -0.2) is 72.7 Å². The van der Waals surface area contributed by atoms with Gasteiger partial charge in [0.05, 0.1) is 18.5 Å². The first-order chi connectivity index (χ1) is 12.1. The maximum absolute atomic E-state index is 12.4. The molecule has 0 radical (unpaired) electrons. The molecule has 0 saturated carbocycles. The number of nitrogens with zero attached hydrogens (tertiary/aromatic N) is 3. The van der Waals surface area contributed by atoms with E-state index in [1.54, 1.807) is 29.0 Å². The molecule has 0 bridgehead atoms. The van der Waals surface area contributed by atoms with Gasteiger partial charge in [-0.15, -0.1) is 0 Å². The van der Waals surface area contributed by atoms with E-state index in [2.05, 4.69) is 10.3 Å². The van der Waals surface area contributed by atoms with Crippen molar-refractivity contribution < 1.29 is 19.1 Å². The topological polar surface area (TPSA) is 84.0 Å². The Morgan fingerprint density at radius 2 is 1.96 bits per heavy atom. The lowest BCUT2D eigenvalue weighted by molar-refractivity contribution is -0.142. The van der Waals surface area contributed by atoms with Gasteiger partial charge in [-0.25, -0.2) is 9.78 Å². The monoisotopic (exact) mass is 348 g/mol. The summed E-state index contributed by atoms with van der Waals surface area (Å²) < 4.78 is 10.5. The largest absolute Gasteiger partial charge is 0.481 e. The van der Waals surface area contributed by atoms with Gasteiger partial charge >= 0.3 is 6.03 Å². The van der Waals surface area contributed by atoms with E-state index in [0.717, 1.165) is 12.8 Å². The van der Waals surface area contributed by atoms with Crippen LogP contribution in [0.1, 0.15) is 18.5 Å². The van der Waals surface area contributed by atoms with Crippen molar-refractivity contribution in [2.45, 2.75) is 25.9 Å². The molecule has 0 aliphatic carbocycles. The van der Waals surface area contributed by atoms with Gasteiger partial charge in [-0.05, 0) is 25.8 Å². The number of carbonyl (C=O) groups is 2. The van der Waals surface area contributed by atoms with E-state index in [-0.39, 0.29) is 18.0 Å². The van der Waals surface area contributed by atoms with Crippen molar-refractivity contribution in [3.05, 3.63) is 17.8 Å². The number of methoxy groups -OCH3 is 1. The van der Waals surface area contributed by atoms with Gasteiger partial charge in [-0.2, -0.15) is 0 Å². The van der Waals surface area contributed by atoms with Crippen LogP contribution in [0.4, 0.5) is 10.5 Å². The van der Waals surface area contributed by atoms with Crippen LogP contribution in [0, 0.1) is 6.92 Å². The van der Waals surface area contributed by atoms with Crippen molar-refractivity contribution in [2.24, 2.45) is 0 Å². The molecule has 3 rings (SSSR count). The molecule has 3 amide bonds. The van der Waals surface area contributed by atoms with Gasteiger partial charge in [0.15, 0.2) is 0 Å². The summed E-state index contributed by atoms with van der Waals surface area (Å²) >= 11 is 0. The number of hydrogen-bond acceptors (Lipinski definition) is 5. The maximum atomic E-state index is 12.4. The zero-order chi connectivity index (χ0) is 17.8. The predicted octanol–water partition coefficient (Wildman–Crippen LogP) is 1.25. The standard InChI is InChI=1S/C17H24N4O4/c1-12-13(5-6-15(18-12)24-2)19-17(23)21-9-7-20(8-10-21)16(22)14-4-3-11-25-14/h5-6,14H,3-4,7-11H2,1-2H3,(H,19,23). The molecule has 8 nitrogen and oxygen atoms in total. The summed E-state index contributed by atoms with van der Waals surface area (Å²) in [7, 11) is 1.55. The number of piperazine rings is 1. The second-order valence-corrected chi connectivity index (χ2v) is 6.23. The minimum atomic E-state index is -0.298. The fourth-order valence-corrected chi connectivity index (χ4v) is 3.08. The number of amides is 3. The molecule has 2 aliphatic rings. The van der Waals surface area contributed by atoms with Crippen LogP contribution in [0.3, 0.4) is 0 Å². The molecule has 1 atom stereocenters. The summed E-state index contributed by atoms with van der Waals surface area (Å²) in [4.78, 5) is 32.5. The summed E-state index contributed by atoms with van der Waals surface area (Å²) in [6, 6.07) is 3.30. The average Bonchev–Trinajstić information content (AvgIpc) is 3.17. The van der Waals surface area contributed by atoms with Crippen molar-refractivity contribution >= 4 is 17.6 Å². The van der Waals surface area contributed by atoms with Crippen molar-refractivity contribution in [3.8, 4) is 5.88 Å². The molecule has 0 aromatic carbocycles. The molecular weight excluding hydrogens is 324 g/mol. The minimum Gasteiger partial charge on any atom is -0.481 e. The van der Waals surface area contributed by atoms with Crippen LogP contribution in [0.5, 0.6) is 5.88 Å². The third-order valence-electron chi connectivity index (χ3n) is 4.59. The zero-order valence-corrected chi connectivity index (χ0v) is 14.7. The highest BCUT2D eigenvalue weighted by molar-refractivity contribution is 5.90. The number of aryl methyl sites for hydroxylation is 1. The number of rotatable bonds is 3. The Bertz CT molecular complexity index is 638. The van der Waals surface area contributed by atoms with E-state index in [1.807, 2.05) is 6.92 Å². The summed E-state index contributed by atoms with van der Waals surface area (Å²) in [5, 5.41) is 2.87. The van der Waals surface area contributed by atoms with Gasteiger partial charge in [0.2, 0.25) is 5.88 Å². The first kappa shape index (κ1) is 17.5. The van der Waals surface area contributed by atoms with Crippen LogP contribution in [0.2, 0.25) is 0 Å². The Hall–Kier alpha value is -2.35. The highest BCUT2D eigenvalue weighted by Gasteiger charge is 2.31. The normalized spacial score (nSPS) is 20.5. The maximum Gasteiger partial charge on any atom is 0.322 e. The van der Waals surface area contributed by atoms with Crippen molar-refractivity contribution in [3.63, 3.8) is 0 Å². The van der Waals surface area contributed by atoms with Gasteiger partial charge in [0, 0.05) is 38.9 Å². The molecule has 136 valence electrons. The number of anilines is 1. The second kappa shape index (κ2) is 7.69. The average molecular weight is 348 g/mol. The van der Waals surface area contributed by atoms with Crippen LogP contribution in [0.15, 0.2) is 12.1 Å². The predicted molar refractivity (Wildman–Crippen MR) is 91.7 cm³/mol. The molecule has 2 aliphatic heterocycles. The third kappa shape index (κ3) is 4.01. The van der Waals surface area contributed by atoms with Gasteiger partial charge < -0.3 is 24.6 Å². The fraction of sp³-hybridized carbons (Fsp3) is 0.588. The second-order valence-electron chi connectivity index (χ2n) is 6.23. The van der Waals surface area contributed by atoms with Crippen LogP contribution in [0.25, 0.3) is 0 Å². The third-order valence-corrected chi connectivity index (χ3v) is 4.59. The Balaban J connectivity index is 1.52. The molecule has 3 heterocycles. The number of nitrogens with one attached hydrogen (secondary N) is 1. The quantitative estimate of drug-likeness (QED) is 0.889. The van der Waals surface area contributed by atoms with E-state index in [0.29, 0.717) is 50.0 Å². The first-order valence-corrected chi connectivity index (χ1v) is 8.56. The van der Waals surface area contributed by atoms with Crippen molar-refractivity contribution in [2.75, 3.05) is 45.2 Å². The zero-order valence-electron chi connectivity index (χ0n) is 14.7. The van der Waals surface area contributed by atoms with Gasteiger partial charge in [0.25, 0.3) is 5.91 Å². The highest BCUT2D eigenvalue weighted by Crippen LogP contribution is 2.19. The number of carbonyl (C=O) groups excluding carboxylic acids is 2. The first-order valence-electron chi connectivity index (χ1n) is 8.56. The Morgan fingerprint density at radius 1 is 1.24 bits per heavy atom. The Morgan fingerprint density at radius 3 is 2.56 bits per heavy atom. The van der Waals surface area contributed by atoms with Gasteiger partial charge in [0.1, 0.15) is 6.10 Å².